The molecule has 1 unspecified atom stereocenters. The number of rotatable bonds is 5. The fourth-order valence-electron chi connectivity index (χ4n) is 3.62. The number of hydrogen-bond donors (Lipinski definition) is 0. The molecule has 3 aromatic carbocycles. The quantitative estimate of drug-likeness (QED) is 0.479. The zero-order valence-corrected chi connectivity index (χ0v) is 18.3. The van der Waals surface area contributed by atoms with Crippen molar-refractivity contribution in [3.8, 4) is 0 Å². The van der Waals surface area contributed by atoms with Crippen LogP contribution in [0.25, 0.3) is 0 Å². The lowest BCUT2D eigenvalue weighted by Gasteiger charge is -2.28. The maximum atomic E-state index is 14.4. The molecule has 1 aliphatic rings. The van der Waals surface area contributed by atoms with Gasteiger partial charge in [0.25, 0.3) is 11.8 Å². The molecule has 1 saturated heterocycles. The van der Waals surface area contributed by atoms with Gasteiger partial charge in [0, 0.05) is 11.0 Å². The molecule has 0 spiro atoms. The van der Waals surface area contributed by atoms with Gasteiger partial charge in [0.15, 0.2) is 0 Å². The van der Waals surface area contributed by atoms with E-state index in [1.165, 1.54) is 47.4 Å². The van der Waals surface area contributed by atoms with E-state index in [0.717, 1.165) is 15.4 Å². The van der Waals surface area contributed by atoms with Gasteiger partial charge in [0.2, 0.25) is 5.91 Å². The number of halogens is 3. The minimum Gasteiger partial charge on any atom is -0.322 e. The summed E-state index contributed by atoms with van der Waals surface area (Å²) in [7, 11) is 0. The van der Waals surface area contributed by atoms with Crippen LogP contribution in [0.1, 0.15) is 22.3 Å². The molecule has 3 amide bonds. The van der Waals surface area contributed by atoms with Crippen molar-refractivity contribution in [2.24, 2.45) is 0 Å². The Bertz CT molecular complexity index is 1180. The third kappa shape index (κ3) is 4.31. The SMILES string of the molecule is O=C1CC(N(Cc2ccc(F)cc2)C(=O)c2ccccc2F)C(=O)N1c1ccc(Br)cc1. The molecule has 1 aliphatic heterocycles. The highest BCUT2D eigenvalue weighted by molar-refractivity contribution is 9.10. The Labute approximate surface area is 191 Å². The first-order valence-corrected chi connectivity index (χ1v) is 10.6. The smallest absolute Gasteiger partial charge is 0.257 e. The third-order valence-corrected chi connectivity index (χ3v) is 5.74. The number of carbonyl (C=O) groups excluding carboxylic acids is 3. The molecule has 8 heteroatoms. The van der Waals surface area contributed by atoms with Crippen molar-refractivity contribution < 1.29 is 23.2 Å². The van der Waals surface area contributed by atoms with E-state index >= 15 is 0 Å². The zero-order chi connectivity index (χ0) is 22.8. The first-order chi connectivity index (χ1) is 15.3. The summed E-state index contributed by atoms with van der Waals surface area (Å²) in [5.41, 5.74) is 0.709. The van der Waals surface area contributed by atoms with Crippen LogP contribution < -0.4 is 4.90 Å². The highest BCUT2D eigenvalue weighted by Gasteiger charge is 2.44. The second-order valence-corrected chi connectivity index (χ2v) is 8.22. The van der Waals surface area contributed by atoms with E-state index in [0.29, 0.717) is 11.3 Å². The van der Waals surface area contributed by atoms with Gasteiger partial charge in [-0.15, -0.1) is 0 Å². The molecule has 0 aromatic heterocycles. The van der Waals surface area contributed by atoms with E-state index in [1.807, 2.05) is 0 Å². The average Bonchev–Trinajstić information content (AvgIpc) is 3.07. The van der Waals surface area contributed by atoms with Crippen LogP contribution in [-0.2, 0) is 16.1 Å². The van der Waals surface area contributed by atoms with Crippen LogP contribution in [0.2, 0.25) is 0 Å². The van der Waals surface area contributed by atoms with Gasteiger partial charge < -0.3 is 4.90 Å². The Kier molecular flexibility index (Phi) is 6.14. The van der Waals surface area contributed by atoms with Gasteiger partial charge in [-0.2, -0.15) is 0 Å². The number of anilines is 1. The highest BCUT2D eigenvalue weighted by Crippen LogP contribution is 2.29. The van der Waals surface area contributed by atoms with Crippen LogP contribution in [0.3, 0.4) is 0 Å². The largest absolute Gasteiger partial charge is 0.322 e. The molecular formula is C24H17BrF2N2O3. The van der Waals surface area contributed by atoms with Crippen molar-refractivity contribution in [1.29, 1.82) is 0 Å². The topological polar surface area (TPSA) is 57.7 Å². The Balaban J connectivity index is 1.70. The number of carbonyl (C=O) groups is 3. The molecule has 162 valence electrons. The molecular weight excluding hydrogens is 482 g/mol. The number of amides is 3. The lowest BCUT2D eigenvalue weighted by Crippen LogP contribution is -2.45. The van der Waals surface area contributed by atoms with Crippen molar-refractivity contribution in [3.63, 3.8) is 0 Å². The van der Waals surface area contributed by atoms with Crippen molar-refractivity contribution in [1.82, 2.24) is 4.90 Å². The first kappa shape index (κ1) is 21.8. The van der Waals surface area contributed by atoms with E-state index in [4.69, 9.17) is 0 Å². The Morgan fingerprint density at radius 3 is 2.28 bits per heavy atom. The normalized spacial score (nSPS) is 15.8. The molecule has 0 saturated carbocycles. The second-order valence-electron chi connectivity index (χ2n) is 7.30. The van der Waals surface area contributed by atoms with Crippen LogP contribution >= 0.6 is 15.9 Å². The summed E-state index contributed by atoms with van der Waals surface area (Å²) in [6, 6.07) is 16.4. The molecule has 0 N–H and O–H groups in total. The van der Waals surface area contributed by atoms with Gasteiger partial charge >= 0.3 is 0 Å². The standard InChI is InChI=1S/C24H17BrF2N2O3/c25-16-7-11-18(12-8-16)29-22(30)13-21(24(29)32)28(14-15-5-9-17(26)10-6-15)23(31)19-3-1-2-4-20(19)27/h1-12,21H,13-14H2. The number of hydrogen-bond acceptors (Lipinski definition) is 3. The average molecular weight is 499 g/mol. The van der Waals surface area contributed by atoms with Crippen LogP contribution in [0.4, 0.5) is 14.5 Å². The van der Waals surface area contributed by atoms with Crippen molar-refractivity contribution >= 4 is 39.3 Å². The maximum absolute atomic E-state index is 14.4. The lowest BCUT2D eigenvalue weighted by molar-refractivity contribution is -0.122. The third-order valence-electron chi connectivity index (χ3n) is 5.22. The van der Waals surface area contributed by atoms with Gasteiger partial charge in [-0.25, -0.2) is 13.7 Å². The molecule has 0 aliphatic carbocycles. The molecule has 0 radical (unpaired) electrons. The van der Waals surface area contributed by atoms with Gasteiger partial charge in [0.1, 0.15) is 17.7 Å². The summed E-state index contributed by atoms with van der Waals surface area (Å²) in [5, 5.41) is 0. The number of nitrogens with zero attached hydrogens (tertiary/aromatic N) is 2. The highest BCUT2D eigenvalue weighted by atomic mass is 79.9. The molecule has 1 fully saturated rings. The van der Waals surface area contributed by atoms with E-state index in [-0.39, 0.29) is 18.5 Å². The molecule has 5 nitrogen and oxygen atoms in total. The second kappa shape index (κ2) is 9.00. The maximum Gasteiger partial charge on any atom is 0.257 e. The summed E-state index contributed by atoms with van der Waals surface area (Å²) in [5.74, 6) is -2.95. The molecule has 3 aromatic rings. The zero-order valence-electron chi connectivity index (χ0n) is 16.7. The molecule has 1 heterocycles. The monoisotopic (exact) mass is 498 g/mol. The van der Waals surface area contributed by atoms with E-state index in [2.05, 4.69) is 15.9 Å². The summed E-state index contributed by atoms with van der Waals surface area (Å²) in [4.78, 5) is 41.5. The van der Waals surface area contributed by atoms with Crippen molar-refractivity contribution in [2.75, 3.05) is 4.90 Å². The summed E-state index contributed by atoms with van der Waals surface area (Å²) in [6.07, 6.45) is -0.240. The fraction of sp³-hybridized carbons (Fsp3) is 0.125. The van der Waals surface area contributed by atoms with Gasteiger partial charge in [-0.3, -0.25) is 14.4 Å². The van der Waals surface area contributed by atoms with E-state index < -0.39 is 35.4 Å². The molecule has 1 atom stereocenters. The number of imide groups is 1. The van der Waals surface area contributed by atoms with Crippen LogP contribution in [0.15, 0.2) is 77.3 Å². The lowest BCUT2D eigenvalue weighted by atomic mass is 10.1. The van der Waals surface area contributed by atoms with E-state index in [1.54, 1.807) is 24.3 Å². The van der Waals surface area contributed by atoms with Crippen molar-refractivity contribution in [2.45, 2.75) is 19.0 Å². The van der Waals surface area contributed by atoms with Crippen LogP contribution in [0, 0.1) is 11.6 Å². The summed E-state index contributed by atoms with van der Waals surface area (Å²) in [6.45, 7) is -0.0920. The van der Waals surface area contributed by atoms with Gasteiger partial charge in [0.05, 0.1) is 17.7 Å². The van der Waals surface area contributed by atoms with Crippen molar-refractivity contribution in [3.05, 3.63) is 100 Å². The number of benzene rings is 3. The molecule has 4 rings (SSSR count). The van der Waals surface area contributed by atoms with Gasteiger partial charge in [-0.1, -0.05) is 40.2 Å². The van der Waals surface area contributed by atoms with Crippen LogP contribution in [0.5, 0.6) is 0 Å². The van der Waals surface area contributed by atoms with E-state index in [9.17, 15) is 23.2 Å². The Morgan fingerprint density at radius 1 is 0.969 bits per heavy atom. The molecule has 32 heavy (non-hydrogen) atoms. The van der Waals surface area contributed by atoms with Crippen LogP contribution in [-0.4, -0.2) is 28.7 Å². The summed E-state index contributed by atoms with van der Waals surface area (Å²) < 4.78 is 28.5. The fourth-order valence-corrected chi connectivity index (χ4v) is 3.88. The minimum atomic E-state index is -1.12. The van der Waals surface area contributed by atoms with Gasteiger partial charge in [-0.05, 0) is 54.1 Å². The summed E-state index contributed by atoms with van der Waals surface area (Å²) >= 11 is 3.31. The Morgan fingerprint density at radius 2 is 1.62 bits per heavy atom. The molecule has 0 bridgehead atoms. The first-order valence-electron chi connectivity index (χ1n) is 9.77. The minimum absolute atomic E-state index is 0.0920. The predicted molar refractivity (Wildman–Crippen MR) is 118 cm³/mol. The Hall–Kier alpha value is -3.39. The predicted octanol–water partition coefficient (Wildman–Crippen LogP) is 4.70.